The fourth-order valence-electron chi connectivity index (χ4n) is 1.45. The second kappa shape index (κ2) is 5.80. The predicted molar refractivity (Wildman–Crippen MR) is 57.7 cm³/mol. The lowest BCUT2D eigenvalue weighted by molar-refractivity contribution is -0.387. The van der Waals surface area contributed by atoms with Crippen LogP contribution in [0.2, 0.25) is 0 Å². The van der Waals surface area contributed by atoms with E-state index in [9.17, 15) is 29.1 Å². The molecule has 0 aliphatic heterocycles. The molecule has 0 heterocycles. The van der Waals surface area contributed by atoms with Crippen LogP contribution in [0, 0.1) is 21.7 Å². The Balaban J connectivity index is 3.11. The summed E-state index contributed by atoms with van der Waals surface area (Å²) in [5.74, 6) is -2.44. The number of aliphatic hydroxyl groups excluding tert-OH is 2. The highest BCUT2D eigenvalue weighted by atomic mass is 19.1. The summed E-state index contributed by atoms with van der Waals surface area (Å²) in [5.41, 5.74) is 3.58. The van der Waals surface area contributed by atoms with E-state index in [1.165, 1.54) is 0 Å². The third kappa shape index (κ3) is 2.97. The number of aliphatic hydroxyl groups is 2. The molecule has 0 bridgehead atoms. The van der Waals surface area contributed by atoms with Crippen LogP contribution in [0.5, 0.6) is 0 Å². The van der Waals surface area contributed by atoms with Crippen molar-refractivity contribution in [3.8, 4) is 0 Å². The molecule has 0 aliphatic carbocycles. The van der Waals surface area contributed by atoms with Crippen LogP contribution in [0.1, 0.15) is 18.1 Å². The SMILES string of the molecule is NCCC(O)C(O)c1cc(F)c([N+](=O)[O-])cc1F. The molecule has 0 amide bonds. The lowest BCUT2D eigenvalue weighted by atomic mass is 10.0. The number of nitrogens with two attached hydrogens (primary N) is 1. The number of halogens is 2. The van der Waals surface area contributed by atoms with Gasteiger partial charge in [0.05, 0.1) is 17.1 Å². The van der Waals surface area contributed by atoms with E-state index >= 15 is 0 Å². The van der Waals surface area contributed by atoms with E-state index in [4.69, 9.17) is 5.73 Å². The summed E-state index contributed by atoms with van der Waals surface area (Å²) in [6, 6.07) is 0.862. The molecule has 2 unspecified atom stereocenters. The lowest BCUT2D eigenvalue weighted by Gasteiger charge is -2.17. The van der Waals surface area contributed by atoms with Crippen molar-refractivity contribution in [1.82, 2.24) is 0 Å². The number of nitrogens with zero attached hydrogens (tertiary/aromatic N) is 1. The van der Waals surface area contributed by atoms with Gasteiger partial charge in [0.25, 0.3) is 0 Å². The van der Waals surface area contributed by atoms with Crippen molar-refractivity contribution in [2.45, 2.75) is 18.6 Å². The largest absolute Gasteiger partial charge is 0.390 e. The standard InChI is InChI=1S/C10H12F2N2O4/c11-6-4-8(14(17)18)7(12)3-5(6)10(16)9(15)1-2-13/h3-4,9-10,15-16H,1-2,13H2. The quantitative estimate of drug-likeness (QED) is 0.532. The van der Waals surface area contributed by atoms with Crippen LogP contribution in [0.15, 0.2) is 12.1 Å². The first kappa shape index (κ1) is 14.4. The normalized spacial score (nSPS) is 14.3. The molecule has 1 aromatic rings. The minimum absolute atomic E-state index is 0.0147. The first-order valence-electron chi connectivity index (χ1n) is 5.08. The van der Waals surface area contributed by atoms with Crippen LogP contribution >= 0.6 is 0 Å². The maximum Gasteiger partial charge on any atom is 0.307 e. The Bertz CT molecular complexity index is 456. The molecule has 1 rings (SSSR count). The Morgan fingerprint density at radius 2 is 1.94 bits per heavy atom. The van der Waals surface area contributed by atoms with Crippen molar-refractivity contribution in [1.29, 1.82) is 0 Å². The first-order chi connectivity index (χ1) is 8.38. The molecule has 0 spiro atoms. The van der Waals surface area contributed by atoms with Gasteiger partial charge in [-0.25, -0.2) is 4.39 Å². The molecule has 0 aliphatic rings. The molecule has 4 N–H and O–H groups in total. The average Bonchev–Trinajstić information content (AvgIpc) is 2.30. The Morgan fingerprint density at radius 3 is 2.44 bits per heavy atom. The summed E-state index contributed by atoms with van der Waals surface area (Å²) >= 11 is 0. The third-order valence-corrected chi connectivity index (χ3v) is 2.41. The van der Waals surface area contributed by atoms with E-state index in [1.54, 1.807) is 0 Å². The number of rotatable bonds is 5. The maximum absolute atomic E-state index is 13.5. The van der Waals surface area contributed by atoms with Gasteiger partial charge in [0.2, 0.25) is 5.82 Å². The molecule has 0 saturated heterocycles. The molecule has 0 saturated carbocycles. The first-order valence-corrected chi connectivity index (χ1v) is 5.08. The topological polar surface area (TPSA) is 110 Å². The van der Waals surface area contributed by atoms with Crippen LogP contribution in [-0.4, -0.2) is 27.8 Å². The van der Waals surface area contributed by atoms with E-state index in [-0.39, 0.29) is 13.0 Å². The van der Waals surface area contributed by atoms with E-state index in [2.05, 4.69) is 0 Å². The summed E-state index contributed by atoms with van der Waals surface area (Å²) in [4.78, 5) is 9.28. The van der Waals surface area contributed by atoms with Crippen molar-refractivity contribution < 1.29 is 23.9 Å². The fourth-order valence-corrected chi connectivity index (χ4v) is 1.45. The summed E-state index contributed by atoms with van der Waals surface area (Å²) < 4.78 is 26.7. The molecule has 6 nitrogen and oxygen atoms in total. The lowest BCUT2D eigenvalue weighted by Crippen LogP contribution is -2.22. The molecule has 0 aromatic heterocycles. The number of nitro groups is 1. The summed E-state index contributed by atoms with van der Waals surface area (Å²) in [6.45, 7) is 0.0509. The molecular weight excluding hydrogens is 250 g/mol. The van der Waals surface area contributed by atoms with Crippen LogP contribution in [0.25, 0.3) is 0 Å². The van der Waals surface area contributed by atoms with Gasteiger partial charge >= 0.3 is 5.69 Å². The predicted octanol–water partition coefficient (Wildman–Crippen LogP) is 0.616. The minimum Gasteiger partial charge on any atom is -0.390 e. The van der Waals surface area contributed by atoms with E-state index in [0.717, 1.165) is 0 Å². The van der Waals surface area contributed by atoms with Gasteiger partial charge in [0.1, 0.15) is 11.9 Å². The van der Waals surface area contributed by atoms with Gasteiger partial charge in [-0.2, -0.15) is 4.39 Å². The summed E-state index contributed by atoms with van der Waals surface area (Å²) in [6.07, 6.45) is -3.08. The van der Waals surface area contributed by atoms with Crippen molar-refractivity contribution in [3.63, 3.8) is 0 Å². The number of hydrogen-bond acceptors (Lipinski definition) is 5. The number of nitro benzene ring substituents is 1. The molecule has 8 heteroatoms. The van der Waals surface area contributed by atoms with Crippen molar-refractivity contribution >= 4 is 5.69 Å². The Hall–Kier alpha value is -1.64. The monoisotopic (exact) mass is 262 g/mol. The molecule has 100 valence electrons. The van der Waals surface area contributed by atoms with E-state index < -0.39 is 40.0 Å². The van der Waals surface area contributed by atoms with Gasteiger partial charge in [-0.05, 0) is 19.0 Å². The highest BCUT2D eigenvalue weighted by Gasteiger charge is 2.25. The van der Waals surface area contributed by atoms with Gasteiger partial charge in [0, 0.05) is 5.56 Å². The minimum atomic E-state index is -1.69. The maximum atomic E-state index is 13.5. The van der Waals surface area contributed by atoms with Crippen LogP contribution in [0.4, 0.5) is 14.5 Å². The zero-order valence-electron chi connectivity index (χ0n) is 9.22. The fraction of sp³-hybridized carbons (Fsp3) is 0.400. The molecule has 0 fully saturated rings. The van der Waals surface area contributed by atoms with Crippen molar-refractivity contribution in [2.75, 3.05) is 6.54 Å². The van der Waals surface area contributed by atoms with Gasteiger partial charge in [0.15, 0.2) is 0 Å². The smallest absolute Gasteiger partial charge is 0.307 e. The summed E-state index contributed by atoms with van der Waals surface area (Å²) in [5, 5.41) is 29.3. The third-order valence-electron chi connectivity index (χ3n) is 2.41. The van der Waals surface area contributed by atoms with Gasteiger partial charge in [-0.1, -0.05) is 0 Å². The van der Waals surface area contributed by atoms with E-state index in [1.807, 2.05) is 0 Å². The highest BCUT2D eigenvalue weighted by Crippen LogP contribution is 2.27. The van der Waals surface area contributed by atoms with Crippen LogP contribution in [-0.2, 0) is 0 Å². The zero-order valence-corrected chi connectivity index (χ0v) is 9.22. The molecule has 0 radical (unpaired) electrons. The molecule has 2 atom stereocenters. The molecular formula is C10H12F2N2O4. The Kier molecular flexibility index (Phi) is 4.65. The van der Waals surface area contributed by atoms with Crippen LogP contribution < -0.4 is 5.73 Å². The molecule has 18 heavy (non-hydrogen) atoms. The van der Waals surface area contributed by atoms with Gasteiger partial charge in [-0.15, -0.1) is 0 Å². The average molecular weight is 262 g/mol. The van der Waals surface area contributed by atoms with Gasteiger partial charge < -0.3 is 15.9 Å². The number of benzene rings is 1. The van der Waals surface area contributed by atoms with Crippen molar-refractivity contribution in [3.05, 3.63) is 39.4 Å². The Labute approximate surface area is 101 Å². The Morgan fingerprint density at radius 1 is 1.33 bits per heavy atom. The van der Waals surface area contributed by atoms with E-state index in [0.29, 0.717) is 12.1 Å². The van der Waals surface area contributed by atoms with Gasteiger partial charge in [-0.3, -0.25) is 10.1 Å². The highest BCUT2D eigenvalue weighted by molar-refractivity contribution is 5.37. The van der Waals surface area contributed by atoms with Crippen molar-refractivity contribution in [2.24, 2.45) is 5.73 Å². The second-order valence-corrected chi connectivity index (χ2v) is 3.67. The second-order valence-electron chi connectivity index (χ2n) is 3.67. The number of hydrogen-bond donors (Lipinski definition) is 3. The zero-order chi connectivity index (χ0) is 13.9. The van der Waals surface area contributed by atoms with Crippen LogP contribution in [0.3, 0.4) is 0 Å². The summed E-state index contributed by atoms with van der Waals surface area (Å²) in [7, 11) is 0. The molecule has 1 aromatic carbocycles.